The fourth-order valence-corrected chi connectivity index (χ4v) is 2.08. The van der Waals surface area contributed by atoms with Gasteiger partial charge in [0.2, 0.25) is 0 Å². The van der Waals surface area contributed by atoms with Gasteiger partial charge in [0.15, 0.2) is 0 Å². The third-order valence-electron chi connectivity index (χ3n) is 2.93. The predicted octanol–water partition coefficient (Wildman–Crippen LogP) is 3.01. The highest BCUT2D eigenvalue weighted by molar-refractivity contribution is 5.24. The topological polar surface area (TPSA) is 23.5 Å². The van der Waals surface area contributed by atoms with Gasteiger partial charge in [0, 0.05) is 13.1 Å². The van der Waals surface area contributed by atoms with Crippen LogP contribution in [0.5, 0.6) is 0 Å². The lowest BCUT2D eigenvalue weighted by Crippen LogP contribution is -2.31. The Bertz CT molecular complexity index is 335. The van der Waals surface area contributed by atoms with E-state index >= 15 is 0 Å². The van der Waals surface area contributed by atoms with Crippen molar-refractivity contribution in [1.29, 1.82) is 0 Å². The molecule has 1 aromatic carbocycles. The van der Waals surface area contributed by atoms with E-state index < -0.39 is 0 Å². The van der Waals surface area contributed by atoms with Crippen LogP contribution in [0, 0.1) is 12.8 Å². The van der Waals surface area contributed by atoms with Crippen LogP contribution in [0.15, 0.2) is 24.3 Å². The van der Waals surface area contributed by atoms with E-state index in [-0.39, 0.29) is 6.10 Å². The van der Waals surface area contributed by atoms with Crippen molar-refractivity contribution in [2.24, 2.45) is 5.92 Å². The number of rotatable bonds is 6. The second-order valence-corrected chi connectivity index (χ2v) is 5.18. The number of hydrogen-bond acceptors (Lipinski definition) is 2. The molecule has 2 heteroatoms. The van der Waals surface area contributed by atoms with E-state index in [1.807, 2.05) is 12.1 Å². The molecular weight excluding hydrogens is 210 g/mol. The second kappa shape index (κ2) is 6.77. The van der Waals surface area contributed by atoms with E-state index in [9.17, 15) is 5.11 Å². The second-order valence-electron chi connectivity index (χ2n) is 5.18. The molecule has 0 aliphatic rings. The highest BCUT2D eigenvalue weighted by Gasteiger charge is 2.13. The van der Waals surface area contributed by atoms with E-state index in [0.717, 1.165) is 25.2 Å². The van der Waals surface area contributed by atoms with Gasteiger partial charge in [-0.1, -0.05) is 50.6 Å². The summed E-state index contributed by atoms with van der Waals surface area (Å²) in [5.74, 6) is 0.639. The van der Waals surface area contributed by atoms with Crippen molar-refractivity contribution in [3.63, 3.8) is 0 Å². The minimum Gasteiger partial charge on any atom is -0.387 e. The van der Waals surface area contributed by atoms with Gasteiger partial charge in [-0.15, -0.1) is 0 Å². The molecule has 1 rings (SSSR count). The van der Waals surface area contributed by atoms with Crippen molar-refractivity contribution in [2.75, 3.05) is 19.6 Å². The number of nitrogens with zero attached hydrogens (tertiary/aromatic N) is 1. The Balaban J connectivity index is 2.60. The van der Waals surface area contributed by atoms with Crippen LogP contribution in [-0.4, -0.2) is 29.6 Å². The molecule has 1 aromatic rings. The summed E-state index contributed by atoms with van der Waals surface area (Å²) in [6, 6.07) is 8.13. The molecule has 0 amide bonds. The molecule has 0 fully saturated rings. The summed E-state index contributed by atoms with van der Waals surface area (Å²) in [4.78, 5) is 2.30. The molecule has 0 aromatic heterocycles. The zero-order valence-corrected chi connectivity index (χ0v) is 11.5. The fraction of sp³-hybridized carbons (Fsp3) is 0.600. The number of hydrogen-bond donors (Lipinski definition) is 1. The quantitative estimate of drug-likeness (QED) is 0.819. The molecule has 0 aliphatic carbocycles. The van der Waals surface area contributed by atoms with Crippen molar-refractivity contribution in [3.05, 3.63) is 35.4 Å². The monoisotopic (exact) mass is 235 g/mol. The summed E-state index contributed by atoms with van der Waals surface area (Å²) in [5.41, 5.74) is 2.22. The van der Waals surface area contributed by atoms with Crippen molar-refractivity contribution in [2.45, 2.75) is 33.8 Å². The molecule has 1 N–H and O–H groups in total. The van der Waals surface area contributed by atoms with Gasteiger partial charge >= 0.3 is 0 Å². The smallest absolute Gasteiger partial charge is 0.0917 e. The normalized spacial score (nSPS) is 13.4. The lowest BCUT2D eigenvalue weighted by molar-refractivity contribution is 0.109. The maximum Gasteiger partial charge on any atom is 0.0917 e. The van der Waals surface area contributed by atoms with Crippen LogP contribution in [-0.2, 0) is 0 Å². The van der Waals surface area contributed by atoms with Crippen molar-refractivity contribution in [1.82, 2.24) is 4.90 Å². The first kappa shape index (κ1) is 14.2. The van der Waals surface area contributed by atoms with E-state index in [4.69, 9.17) is 0 Å². The third kappa shape index (κ3) is 4.88. The van der Waals surface area contributed by atoms with Gasteiger partial charge in [0.05, 0.1) is 6.10 Å². The summed E-state index contributed by atoms with van der Waals surface area (Å²) < 4.78 is 0. The highest BCUT2D eigenvalue weighted by Crippen LogP contribution is 2.16. The van der Waals surface area contributed by atoms with Gasteiger partial charge in [-0.2, -0.15) is 0 Å². The van der Waals surface area contributed by atoms with E-state index in [0.29, 0.717) is 5.92 Å². The largest absolute Gasteiger partial charge is 0.387 e. The lowest BCUT2D eigenvalue weighted by atomic mass is 10.1. The molecule has 1 atom stereocenters. The maximum absolute atomic E-state index is 10.2. The first-order chi connectivity index (χ1) is 8.02. The molecule has 2 nitrogen and oxygen atoms in total. The Morgan fingerprint density at radius 3 is 2.47 bits per heavy atom. The van der Waals surface area contributed by atoms with Gasteiger partial charge in [-0.3, -0.25) is 0 Å². The van der Waals surface area contributed by atoms with Crippen molar-refractivity contribution >= 4 is 0 Å². The van der Waals surface area contributed by atoms with Crippen molar-refractivity contribution in [3.8, 4) is 0 Å². The molecule has 0 aliphatic heterocycles. The Morgan fingerprint density at radius 2 is 1.94 bits per heavy atom. The molecule has 17 heavy (non-hydrogen) atoms. The van der Waals surface area contributed by atoms with Gasteiger partial charge in [-0.05, 0) is 24.9 Å². The molecule has 0 bridgehead atoms. The van der Waals surface area contributed by atoms with Gasteiger partial charge in [-0.25, -0.2) is 0 Å². The van der Waals surface area contributed by atoms with E-state index in [1.54, 1.807) is 0 Å². The zero-order chi connectivity index (χ0) is 12.8. The first-order valence-electron chi connectivity index (χ1n) is 6.50. The molecule has 1 unspecified atom stereocenters. The summed E-state index contributed by atoms with van der Waals surface area (Å²) in [5, 5.41) is 10.2. The average Bonchev–Trinajstić information content (AvgIpc) is 2.27. The van der Waals surface area contributed by atoms with Crippen LogP contribution in [0.1, 0.15) is 38.0 Å². The summed E-state index contributed by atoms with van der Waals surface area (Å²) in [6.07, 6.45) is -0.381. The van der Waals surface area contributed by atoms with Gasteiger partial charge in [0.25, 0.3) is 0 Å². The molecule has 0 heterocycles. The molecule has 0 saturated carbocycles. The van der Waals surface area contributed by atoms with E-state index in [2.05, 4.69) is 44.7 Å². The van der Waals surface area contributed by atoms with Crippen LogP contribution in [0.25, 0.3) is 0 Å². The number of benzene rings is 1. The number of aliphatic hydroxyl groups excluding tert-OH is 1. The molecule has 0 radical (unpaired) electrons. The third-order valence-corrected chi connectivity index (χ3v) is 2.93. The number of aryl methyl sites for hydroxylation is 1. The maximum atomic E-state index is 10.2. The molecule has 0 saturated heterocycles. The molecular formula is C15H25NO. The minimum absolute atomic E-state index is 0.381. The summed E-state index contributed by atoms with van der Waals surface area (Å²) in [6.45, 7) is 11.4. The lowest BCUT2D eigenvalue weighted by Gasteiger charge is -2.25. The Kier molecular flexibility index (Phi) is 5.66. The number of likely N-dealkylation sites (N-methyl/N-ethyl adjacent to an activating group) is 1. The van der Waals surface area contributed by atoms with Crippen LogP contribution in [0.4, 0.5) is 0 Å². The van der Waals surface area contributed by atoms with Crippen LogP contribution >= 0.6 is 0 Å². The highest BCUT2D eigenvalue weighted by atomic mass is 16.3. The van der Waals surface area contributed by atoms with E-state index in [1.165, 1.54) is 5.56 Å². The first-order valence-corrected chi connectivity index (χ1v) is 6.50. The fourth-order valence-electron chi connectivity index (χ4n) is 2.08. The average molecular weight is 235 g/mol. The standard InChI is InChI=1S/C15H25NO/c1-5-16(10-12(2)3)11-15(17)14-8-6-7-13(4)9-14/h6-9,12,15,17H,5,10-11H2,1-4H3. The SMILES string of the molecule is CCN(CC(C)C)CC(O)c1cccc(C)c1. The Hall–Kier alpha value is -0.860. The zero-order valence-electron chi connectivity index (χ0n) is 11.5. The minimum atomic E-state index is -0.381. The summed E-state index contributed by atoms with van der Waals surface area (Å²) >= 11 is 0. The summed E-state index contributed by atoms with van der Waals surface area (Å²) in [7, 11) is 0. The predicted molar refractivity (Wildman–Crippen MR) is 73.1 cm³/mol. The van der Waals surface area contributed by atoms with Gasteiger partial charge in [0.1, 0.15) is 0 Å². The molecule has 0 spiro atoms. The number of aliphatic hydroxyl groups is 1. The Morgan fingerprint density at radius 1 is 1.24 bits per heavy atom. The van der Waals surface area contributed by atoms with Crippen molar-refractivity contribution < 1.29 is 5.11 Å². The van der Waals surface area contributed by atoms with Crippen LogP contribution in [0.3, 0.4) is 0 Å². The molecule has 96 valence electrons. The van der Waals surface area contributed by atoms with Crippen LogP contribution in [0.2, 0.25) is 0 Å². The van der Waals surface area contributed by atoms with Crippen LogP contribution < -0.4 is 0 Å². The Labute approximate surface area is 105 Å². The van der Waals surface area contributed by atoms with Gasteiger partial charge < -0.3 is 10.0 Å².